The maximum Gasteiger partial charge on any atom is 0.252 e. The lowest BCUT2D eigenvalue weighted by atomic mass is 10.3. The summed E-state index contributed by atoms with van der Waals surface area (Å²) in [6, 6.07) is 1.47. The lowest BCUT2D eigenvalue weighted by molar-refractivity contribution is 0.284. The summed E-state index contributed by atoms with van der Waals surface area (Å²) in [7, 11) is -3.42. The molecule has 0 aliphatic carbocycles. The fraction of sp³-hybridized carbons (Fsp3) is 0.556. The van der Waals surface area contributed by atoms with Crippen LogP contribution in [0.4, 0.5) is 0 Å². The summed E-state index contributed by atoms with van der Waals surface area (Å²) < 4.78 is 27.3. The van der Waals surface area contributed by atoms with Crippen LogP contribution in [0.2, 0.25) is 5.02 Å². The lowest BCUT2D eigenvalue weighted by Gasteiger charge is -2.32. The van der Waals surface area contributed by atoms with Gasteiger partial charge in [0, 0.05) is 25.7 Å². The first kappa shape index (κ1) is 13.8. The number of hydrogen-bond acceptors (Lipinski definition) is 4. The molecule has 0 bridgehead atoms. The number of hydrogen-bond donors (Lipinski definition) is 1. The van der Waals surface area contributed by atoms with Crippen molar-refractivity contribution in [3.8, 4) is 0 Å². The van der Waals surface area contributed by atoms with Crippen molar-refractivity contribution in [2.45, 2.75) is 17.2 Å². The van der Waals surface area contributed by atoms with Crippen molar-refractivity contribution >= 4 is 48.9 Å². The minimum absolute atomic E-state index is 0.0339. The molecule has 96 valence electrons. The van der Waals surface area contributed by atoms with Crippen LogP contribution in [0.1, 0.15) is 6.92 Å². The molecule has 1 atom stereocenters. The molecule has 1 N–H and O–H groups in total. The van der Waals surface area contributed by atoms with E-state index in [9.17, 15) is 8.42 Å². The van der Waals surface area contributed by atoms with Gasteiger partial charge in [0.05, 0.1) is 8.81 Å². The van der Waals surface area contributed by atoms with E-state index in [1.165, 1.54) is 10.4 Å². The quantitative estimate of drug-likeness (QED) is 0.880. The first-order valence-electron chi connectivity index (χ1n) is 5.10. The Morgan fingerprint density at radius 1 is 1.65 bits per heavy atom. The van der Waals surface area contributed by atoms with E-state index in [1.807, 2.05) is 6.92 Å². The largest absolute Gasteiger partial charge is 0.314 e. The van der Waals surface area contributed by atoms with Gasteiger partial charge in [0.15, 0.2) is 0 Å². The number of sulfonamides is 1. The molecule has 1 aliphatic rings. The molecule has 0 spiro atoms. The third-order valence-corrected chi connectivity index (χ3v) is 7.56. The van der Waals surface area contributed by atoms with Gasteiger partial charge in [-0.3, -0.25) is 0 Å². The van der Waals surface area contributed by atoms with E-state index < -0.39 is 10.0 Å². The van der Waals surface area contributed by atoms with E-state index in [0.717, 1.165) is 11.3 Å². The van der Waals surface area contributed by atoms with Crippen molar-refractivity contribution in [1.82, 2.24) is 9.62 Å². The maximum atomic E-state index is 12.4. The molecule has 1 aliphatic heterocycles. The van der Waals surface area contributed by atoms with Gasteiger partial charge < -0.3 is 5.32 Å². The predicted molar refractivity (Wildman–Crippen MR) is 73.3 cm³/mol. The van der Waals surface area contributed by atoms with Gasteiger partial charge in [0.2, 0.25) is 0 Å². The molecular formula is C9H12BrClN2O2S2. The highest BCUT2D eigenvalue weighted by Gasteiger charge is 2.32. The van der Waals surface area contributed by atoms with E-state index in [0.29, 0.717) is 32.7 Å². The average molecular weight is 360 g/mol. The van der Waals surface area contributed by atoms with Gasteiger partial charge in [-0.05, 0) is 28.9 Å². The average Bonchev–Trinajstić information content (AvgIpc) is 2.60. The molecule has 4 nitrogen and oxygen atoms in total. The molecule has 2 rings (SSSR count). The summed E-state index contributed by atoms with van der Waals surface area (Å²) in [6.07, 6.45) is 0. The van der Waals surface area contributed by atoms with Crippen LogP contribution < -0.4 is 5.32 Å². The Balaban J connectivity index is 2.35. The number of thiophene rings is 1. The van der Waals surface area contributed by atoms with Gasteiger partial charge in [0.25, 0.3) is 10.0 Å². The predicted octanol–water partition coefficient (Wildman–Crippen LogP) is 2.15. The van der Waals surface area contributed by atoms with Crippen molar-refractivity contribution in [3.63, 3.8) is 0 Å². The summed E-state index contributed by atoms with van der Waals surface area (Å²) in [6.45, 7) is 3.76. The highest BCUT2D eigenvalue weighted by molar-refractivity contribution is 9.11. The molecule has 0 radical (unpaired) electrons. The molecule has 1 aromatic rings. The van der Waals surface area contributed by atoms with Crippen molar-refractivity contribution in [2.24, 2.45) is 0 Å². The SMILES string of the molecule is C[C@@H]1CNCCN1S(=O)(=O)c1cc(Cl)c(Br)s1. The van der Waals surface area contributed by atoms with Crippen LogP contribution in [0.3, 0.4) is 0 Å². The van der Waals surface area contributed by atoms with E-state index in [1.54, 1.807) is 0 Å². The Kier molecular flexibility index (Phi) is 4.16. The van der Waals surface area contributed by atoms with Gasteiger partial charge in [-0.25, -0.2) is 8.42 Å². The van der Waals surface area contributed by atoms with Crippen molar-refractivity contribution in [2.75, 3.05) is 19.6 Å². The highest BCUT2D eigenvalue weighted by Crippen LogP contribution is 2.36. The topological polar surface area (TPSA) is 49.4 Å². The first-order chi connectivity index (χ1) is 7.93. The molecule has 8 heteroatoms. The molecule has 1 saturated heterocycles. The molecule has 0 saturated carbocycles. The number of nitrogens with one attached hydrogen (secondary N) is 1. The van der Waals surface area contributed by atoms with Gasteiger partial charge in [-0.2, -0.15) is 4.31 Å². The molecule has 17 heavy (non-hydrogen) atoms. The second kappa shape index (κ2) is 5.14. The third-order valence-electron chi connectivity index (χ3n) is 2.63. The fourth-order valence-corrected chi connectivity index (χ4v) is 5.91. The molecule has 0 unspecified atom stereocenters. The molecule has 1 aromatic heterocycles. The minimum Gasteiger partial charge on any atom is -0.314 e. The molecule has 2 heterocycles. The minimum atomic E-state index is -3.42. The zero-order valence-electron chi connectivity index (χ0n) is 9.11. The summed E-state index contributed by atoms with van der Waals surface area (Å²) in [5.74, 6) is 0. The summed E-state index contributed by atoms with van der Waals surface area (Å²) >= 11 is 10.3. The number of halogens is 2. The number of piperazine rings is 1. The first-order valence-corrected chi connectivity index (χ1v) is 8.53. The Bertz CT molecular complexity index is 498. The Morgan fingerprint density at radius 3 is 2.88 bits per heavy atom. The van der Waals surface area contributed by atoms with Crippen LogP contribution in [0.15, 0.2) is 14.1 Å². The second-order valence-electron chi connectivity index (χ2n) is 3.86. The van der Waals surface area contributed by atoms with Crippen LogP contribution in [0, 0.1) is 0 Å². The Hall–Kier alpha value is 0.340. The van der Waals surface area contributed by atoms with Crippen LogP contribution in [0.25, 0.3) is 0 Å². The third kappa shape index (κ3) is 2.69. The Labute approximate surface area is 118 Å². The molecule has 0 amide bonds. The number of rotatable bonds is 2. The maximum absolute atomic E-state index is 12.4. The van der Waals surface area contributed by atoms with E-state index in [4.69, 9.17) is 11.6 Å². The highest BCUT2D eigenvalue weighted by atomic mass is 79.9. The molecular weight excluding hydrogens is 348 g/mol. The summed E-state index contributed by atoms with van der Waals surface area (Å²) in [4.78, 5) is 0. The number of nitrogens with zero attached hydrogens (tertiary/aromatic N) is 1. The summed E-state index contributed by atoms with van der Waals surface area (Å²) in [5.41, 5.74) is 0. The molecule has 1 fully saturated rings. The standard InChI is InChI=1S/C9H12BrClN2O2S2/c1-6-5-12-2-3-13(6)17(14,15)8-4-7(11)9(10)16-8/h4,6,12H,2-3,5H2,1H3/t6-/m1/s1. The summed E-state index contributed by atoms with van der Waals surface area (Å²) in [5, 5.41) is 3.61. The zero-order valence-corrected chi connectivity index (χ0v) is 13.1. The van der Waals surface area contributed by atoms with Gasteiger partial charge in [0.1, 0.15) is 4.21 Å². The van der Waals surface area contributed by atoms with E-state index in [2.05, 4.69) is 21.2 Å². The van der Waals surface area contributed by atoms with Gasteiger partial charge in [-0.15, -0.1) is 11.3 Å². The van der Waals surface area contributed by atoms with Crippen LogP contribution in [-0.4, -0.2) is 38.4 Å². The van der Waals surface area contributed by atoms with Gasteiger partial charge >= 0.3 is 0 Å². The Morgan fingerprint density at radius 2 is 2.35 bits per heavy atom. The lowest BCUT2D eigenvalue weighted by Crippen LogP contribution is -2.51. The molecule has 0 aromatic carbocycles. The zero-order chi connectivity index (χ0) is 12.6. The van der Waals surface area contributed by atoms with Crippen LogP contribution in [0.5, 0.6) is 0 Å². The van der Waals surface area contributed by atoms with Crippen molar-refractivity contribution < 1.29 is 8.42 Å². The van der Waals surface area contributed by atoms with Gasteiger partial charge in [-0.1, -0.05) is 11.6 Å². The second-order valence-corrected chi connectivity index (χ2v) is 8.75. The van der Waals surface area contributed by atoms with E-state index >= 15 is 0 Å². The fourth-order valence-electron chi connectivity index (χ4n) is 1.75. The van der Waals surface area contributed by atoms with Crippen molar-refractivity contribution in [3.05, 3.63) is 14.9 Å². The normalized spacial score (nSPS) is 22.9. The smallest absolute Gasteiger partial charge is 0.252 e. The van der Waals surface area contributed by atoms with Crippen LogP contribution in [-0.2, 0) is 10.0 Å². The monoisotopic (exact) mass is 358 g/mol. The van der Waals surface area contributed by atoms with Crippen LogP contribution >= 0.6 is 38.9 Å². The van der Waals surface area contributed by atoms with Crippen molar-refractivity contribution in [1.29, 1.82) is 0 Å². The van der Waals surface area contributed by atoms with E-state index in [-0.39, 0.29) is 6.04 Å².